The summed E-state index contributed by atoms with van der Waals surface area (Å²) in [5.74, 6) is -0.362. The van der Waals surface area contributed by atoms with E-state index in [4.69, 9.17) is 4.84 Å². The SMILES string of the molecule is C/C(=N/OCC(=O)N/N=C/c1ccc(N(C)C)cc1)c1cccs1. The molecule has 0 spiro atoms. The van der Waals surface area contributed by atoms with E-state index in [2.05, 4.69) is 15.7 Å². The standard InChI is InChI=1S/C17H20N4O2S/c1-13(16-5-4-10-24-16)20-23-12-17(22)19-18-11-14-6-8-15(9-7-14)21(2)3/h4-11H,12H2,1-3H3,(H,19,22)/b18-11+,20-13-. The van der Waals surface area contributed by atoms with Gasteiger partial charge in [-0.1, -0.05) is 23.4 Å². The topological polar surface area (TPSA) is 66.3 Å². The summed E-state index contributed by atoms with van der Waals surface area (Å²) in [6, 6.07) is 11.7. The number of hydrazone groups is 1. The van der Waals surface area contributed by atoms with Gasteiger partial charge in [-0.05, 0) is 36.1 Å². The van der Waals surface area contributed by atoms with Crippen molar-refractivity contribution < 1.29 is 9.63 Å². The molecule has 24 heavy (non-hydrogen) atoms. The van der Waals surface area contributed by atoms with Crippen LogP contribution in [0.15, 0.2) is 52.0 Å². The van der Waals surface area contributed by atoms with E-state index in [1.807, 2.05) is 67.7 Å². The first-order valence-electron chi connectivity index (χ1n) is 7.36. The molecule has 1 aromatic heterocycles. The van der Waals surface area contributed by atoms with Gasteiger partial charge in [0.1, 0.15) is 0 Å². The van der Waals surface area contributed by atoms with Gasteiger partial charge in [-0.3, -0.25) is 4.79 Å². The number of hydrogen-bond acceptors (Lipinski definition) is 6. The van der Waals surface area contributed by atoms with Crippen LogP contribution in [0.4, 0.5) is 5.69 Å². The summed E-state index contributed by atoms with van der Waals surface area (Å²) in [6.45, 7) is 1.65. The molecule has 0 saturated carbocycles. The van der Waals surface area contributed by atoms with Crippen molar-refractivity contribution in [1.82, 2.24) is 5.43 Å². The van der Waals surface area contributed by atoms with E-state index in [-0.39, 0.29) is 12.5 Å². The molecule has 1 N–H and O–H groups in total. The fourth-order valence-electron chi connectivity index (χ4n) is 1.79. The number of rotatable bonds is 7. The van der Waals surface area contributed by atoms with Gasteiger partial charge in [0.15, 0.2) is 6.61 Å². The average Bonchev–Trinajstić information content (AvgIpc) is 3.10. The van der Waals surface area contributed by atoms with E-state index in [0.717, 1.165) is 21.8 Å². The number of hydrogen-bond donors (Lipinski definition) is 1. The van der Waals surface area contributed by atoms with Crippen molar-refractivity contribution in [2.75, 3.05) is 25.6 Å². The van der Waals surface area contributed by atoms with Crippen molar-refractivity contribution in [3.05, 3.63) is 52.2 Å². The third kappa shape index (κ3) is 5.51. The third-order valence-electron chi connectivity index (χ3n) is 3.09. The Morgan fingerprint density at radius 1 is 1.29 bits per heavy atom. The number of amides is 1. The first-order valence-corrected chi connectivity index (χ1v) is 8.24. The van der Waals surface area contributed by atoms with Gasteiger partial charge in [0.25, 0.3) is 5.91 Å². The molecule has 0 atom stereocenters. The van der Waals surface area contributed by atoms with Crippen LogP contribution in [0, 0.1) is 0 Å². The van der Waals surface area contributed by atoms with Crippen LogP contribution in [0.3, 0.4) is 0 Å². The second kappa shape index (κ2) is 8.83. The largest absolute Gasteiger partial charge is 0.385 e. The molecular formula is C17H20N4O2S. The van der Waals surface area contributed by atoms with Crippen LogP contribution in [0.25, 0.3) is 0 Å². The Labute approximate surface area is 145 Å². The summed E-state index contributed by atoms with van der Waals surface area (Å²) in [5.41, 5.74) is 5.14. The molecule has 0 saturated heterocycles. The molecule has 1 heterocycles. The maximum Gasteiger partial charge on any atom is 0.280 e. The average molecular weight is 344 g/mol. The molecule has 0 aliphatic carbocycles. The number of carbonyl (C=O) groups excluding carboxylic acids is 1. The highest BCUT2D eigenvalue weighted by Crippen LogP contribution is 2.11. The van der Waals surface area contributed by atoms with Gasteiger partial charge in [-0.25, -0.2) is 5.43 Å². The van der Waals surface area contributed by atoms with E-state index < -0.39 is 0 Å². The first-order chi connectivity index (χ1) is 11.6. The van der Waals surface area contributed by atoms with Gasteiger partial charge >= 0.3 is 0 Å². The van der Waals surface area contributed by atoms with E-state index >= 15 is 0 Å². The lowest BCUT2D eigenvalue weighted by Crippen LogP contribution is -2.22. The molecule has 1 aromatic carbocycles. The van der Waals surface area contributed by atoms with Crippen LogP contribution in [-0.2, 0) is 9.63 Å². The molecule has 0 unspecified atom stereocenters. The van der Waals surface area contributed by atoms with Crippen LogP contribution in [0.2, 0.25) is 0 Å². The predicted octanol–water partition coefficient (Wildman–Crippen LogP) is 2.71. The molecule has 6 nitrogen and oxygen atoms in total. The Bertz CT molecular complexity index is 707. The molecular weight excluding hydrogens is 324 g/mol. The van der Waals surface area contributed by atoms with Gasteiger partial charge in [0.05, 0.1) is 16.8 Å². The van der Waals surface area contributed by atoms with Crippen molar-refractivity contribution in [3.8, 4) is 0 Å². The Morgan fingerprint density at radius 3 is 2.67 bits per heavy atom. The molecule has 0 aliphatic rings. The summed E-state index contributed by atoms with van der Waals surface area (Å²) < 4.78 is 0. The van der Waals surface area contributed by atoms with Crippen LogP contribution < -0.4 is 10.3 Å². The molecule has 0 aliphatic heterocycles. The minimum atomic E-state index is -0.362. The zero-order valence-electron chi connectivity index (χ0n) is 13.9. The minimum Gasteiger partial charge on any atom is -0.385 e. The smallest absolute Gasteiger partial charge is 0.280 e. The van der Waals surface area contributed by atoms with Gasteiger partial charge in [0.2, 0.25) is 0 Å². The number of anilines is 1. The molecule has 0 radical (unpaired) electrons. The summed E-state index contributed by atoms with van der Waals surface area (Å²) in [5, 5.41) is 9.77. The Morgan fingerprint density at radius 2 is 2.04 bits per heavy atom. The van der Waals surface area contributed by atoms with E-state index in [9.17, 15) is 4.79 Å². The molecule has 126 valence electrons. The second-order valence-electron chi connectivity index (χ2n) is 5.21. The Hall–Kier alpha value is -2.67. The van der Waals surface area contributed by atoms with Crippen LogP contribution in [0.1, 0.15) is 17.4 Å². The number of nitrogens with zero attached hydrogens (tertiary/aromatic N) is 3. The van der Waals surface area contributed by atoms with Crippen molar-refractivity contribution in [3.63, 3.8) is 0 Å². The summed E-state index contributed by atoms with van der Waals surface area (Å²) in [7, 11) is 3.96. The fourth-order valence-corrected chi connectivity index (χ4v) is 2.46. The lowest BCUT2D eigenvalue weighted by molar-refractivity contribution is -0.125. The highest BCUT2D eigenvalue weighted by molar-refractivity contribution is 7.12. The lowest BCUT2D eigenvalue weighted by Gasteiger charge is -2.11. The summed E-state index contributed by atoms with van der Waals surface area (Å²) in [4.78, 5) is 19.7. The van der Waals surface area contributed by atoms with Crippen LogP contribution in [0.5, 0.6) is 0 Å². The maximum absolute atomic E-state index is 11.6. The van der Waals surface area contributed by atoms with Gasteiger partial charge in [-0.2, -0.15) is 5.10 Å². The Balaban J connectivity index is 1.75. The summed E-state index contributed by atoms with van der Waals surface area (Å²) >= 11 is 1.57. The zero-order valence-corrected chi connectivity index (χ0v) is 14.7. The van der Waals surface area contributed by atoms with Crippen molar-refractivity contribution in [2.24, 2.45) is 10.3 Å². The van der Waals surface area contributed by atoms with Crippen molar-refractivity contribution >= 4 is 34.9 Å². The highest BCUT2D eigenvalue weighted by Gasteiger charge is 2.02. The van der Waals surface area contributed by atoms with Crippen LogP contribution >= 0.6 is 11.3 Å². The maximum atomic E-state index is 11.6. The summed E-state index contributed by atoms with van der Waals surface area (Å²) in [6.07, 6.45) is 1.58. The molecule has 7 heteroatoms. The molecule has 0 bridgehead atoms. The molecule has 2 aromatic rings. The third-order valence-corrected chi connectivity index (χ3v) is 4.07. The quantitative estimate of drug-likeness (QED) is 0.620. The van der Waals surface area contributed by atoms with Gasteiger partial charge in [-0.15, -0.1) is 11.3 Å². The predicted molar refractivity (Wildman–Crippen MR) is 99.0 cm³/mol. The van der Waals surface area contributed by atoms with Gasteiger partial charge < -0.3 is 9.74 Å². The van der Waals surface area contributed by atoms with E-state index in [1.165, 1.54) is 0 Å². The van der Waals surface area contributed by atoms with Crippen molar-refractivity contribution in [1.29, 1.82) is 0 Å². The Kier molecular flexibility index (Phi) is 6.51. The second-order valence-corrected chi connectivity index (χ2v) is 6.15. The lowest BCUT2D eigenvalue weighted by atomic mass is 10.2. The van der Waals surface area contributed by atoms with E-state index in [1.54, 1.807) is 17.6 Å². The first kappa shape index (κ1) is 17.7. The number of nitrogens with one attached hydrogen (secondary N) is 1. The molecule has 0 fully saturated rings. The van der Waals surface area contributed by atoms with Crippen LogP contribution in [-0.4, -0.2) is 38.5 Å². The number of carbonyl (C=O) groups is 1. The highest BCUT2D eigenvalue weighted by atomic mass is 32.1. The fraction of sp³-hybridized carbons (Fsp3) is 0.235. The number of benzene rings is 1. The number of oxime groups is 1. The van der Waals surface area contributed by atoms with Crippen molar-refractivity contribution in [2.45, 2.75) is 6.92 Å². The zero-order chi connectivity index (χ0) is 17.4. The minimum absolute atomic E-state index is 0.181. The normalized spacial score (nSPS) is 11.5. The molecule has 1 amide bonds. The molecule has 2 rings (SSSR count). The van der Waals surface area contributed by atoms with E-state index in [0.29, 0.717) is 0 Å². The van der Waals surface area contributed by atoms with Gasteiger partial charge in [0, 0.05) is 19.8 Å². The number of thiophene rings is 1. The monoisotopic (exact) mass is 344 g/mol.